The summed E-state index contributed by atoms with van der Waals surface area (Å²) in [6.07, 6.45) is 1.25. The van der Waals surface area contributed by atoms with Gasteiger partial charge in [-0.1, -0.05) is 56.1 Å². The van der Waals surface area contributed by atoms with Crippen molar-refractivity contribution in [2.45, 2.75) is 20.3 Å². The minimum atomic E-state index is 0.389. The number of benzene rings is 1. The van der Waals surface area contributed by atoms with Crippen LogP contribution in [0.1, 0.15) is 20.3 Å². The topological polar surface area (TPSA) is 51.8 Å². The first kappa shape index (κ1) is 11.7. The fraction of sp³-hybridized carbons (Fsp3) is 0.273. The second-order valence-electron chi connectivity index (χ2n) is 3.13. The van der Waals surface area contributed by atoms with Crippen molar-refractivity contribution in [3.8, 4) is 0 Å². The summed E-state index contributed by atoms with van der Waals surface area (Å²) in [6, 6.07) is 7.50. The van der Waals surface area contributed by atoms with Gasteiger partial charge in [0.25, 0.3) is 0 Å². The Kier molecular flexibility index (Phi) is 4.31. The fourth-order valence-corrected chi connectivity index (χ4v) is 1.29. The maximum absolute atomic E-state index is 5.80. The Morgan fingerprint density at radius 2 is 1.67 bits per heavy atom. The summed E-state index contributed by atoms with van der Waals surface area (Å²) in [5, 5.41) is 9.47. The summed E-state index contributed by atoms with van der Waals surface area (Å²) in [5.41, 5.74) is 5.59. The van der Waals surface area contributed by atoms with E-state index in [9.17, 15) is 0 Å². The van der Waals surface area contributed by atoms with Gasteiger partial charge in [0, 0.05) is 10.8 Å². The minimum Gasteiger partial charge on any atom is -0.382 e. The van der Waals surface area contributed by atoms with Crippen molar-refractivity contribution in [1.29, 1.82) is 0 Å². The van der Waals surface area contributed by atoms with Crippen LogP contribution in [0.25, 0.3) is 10.8 Å². The molecule has 15 heavy (non-hydrogen) atoms. The number of nitrogens with two attached hydrogens (primary N) is 1. The van der Waals surface area contributed by atoms with Crippen LogP contribution in [0.4, 0.5) is 5.82 Å². The average Bonchev–Trinajstić information content (AvgIpc) is 2.25. The van der Waals surface area contributed by atoms with E-state index < -0.39 is 0 Å². The summed E-state index contributed by atoms with van der Waals surface area (Å²) in [5.74, 6) is 0.412. The quantitative estimate of drug-likeness (QED) is 0.746. The first-order valence-corrected chi connectivity index (χ1v) is 5.24. The van der Waals surface area contributed by atoms with Crippen LogP contribution in [-0.4, -0.2) is 10.2 Å². The van der Waals surface area contributed by atoms with E-state index in [0.29, 0.717) is 11.0 Å². The molecule has 0 fully saturated rings. The second kappa shape index (κ2) is 5.51. The third kappa shape index (κ3) is 2.80. The zero-order chi connectivity index (χ0) is 11.3. The van der Waals surface area contributed by atoms with Gasteiger partial charge in [0.1, 0.15) is 0 Å². The van der Waals surface area contributed by atoms with Crippen LogP contribution in [0.3, 0.4) is 0 Å². The monoisotopic (exact) mass is 223 g/mol. The smallest absolute Gasteiger partial charge is 0.159 e. The molecule has 4 heteroatoms. The maximum atomic E-state index is 5.80. The molecule has 0 atom stereocenters. The average molecular weight is 224 g/mol. The van der Waals surface area contributed by atoms with Crippen molar-refractivity contribution in [3.63, 3.8) is 0 Å². The summed E-state index contributed by atoms with van der Waals surface area (Å²) in [6.45, 7) is 4.25. The number of rotatable bonds is 0. The minimum absolute atomic E-state index is 0.389. The molecule has 1 aromatic carbocycles. The molecule has 0 spiro atoms. The van der Waals surface area contributed by atoms with Crippen molar-refractivity contribution >= 4 is 28.2 Å². The molecule has 0 unspecified atom stereocenters. The lowest BCUT2D eigenvalue weighted by Gasteiger charge is -1.99. The van der Waals surface area contributed by atoms with Crippen molar-refractivity contribution in [1.82, 2.24) is 10.2 Å². The van der Waals surface area contributed by atoms with Crippen LogP contribution in [0.2, 0.25) is 5.15 Å². The van der Waals surface area contributed by atoms with Gasteiger partial charge in [-0.25, -0.2) is 0 Å². The van der Waals surface area contributed by atoms with Crippen molar-refractivity contribution < 1.29 is 0 Å². The van der Waals surface area contributed by atoms with E-state index in [1.165, 1.54) is 6.42 Å². The van der Waals surface area contributed by atoms with Crippen molar-refractivity contribution in [3.05, 3.63) is 29.4 Å². The van der Waals surface area contributed by atoms with Crippen LogP contribution < -0.4 is 5.73 Å². The molecule has 0 bridgehead atoms. The first-order valence-electron chi connectivity index (χ1n) is 4.87. The highest BCUT2D eigenvalue weighted by atomic mass is 35.5. The Morgan fingerprint density at radius 1 is 1.13 bits per heavy atom. The SMILES string of the molecule is CCC.Nc1nnc(Cl)c2ccccc12. The molecule has 0 saturated carbocycles. The highest BCUT2D eigenvalue weighted by Crippen LogP contribution is 2.23. The molecule has 0 aliphatic heterocycles. The van der Waals surface area contributed by atoms with E-state index >= 15 is 0 Å². The Hall–Kier alpha value is -1.35. The Morgan fingerprint density at radius 3 is 2.20 bits per heavy atom. The van der Waals surface area contributed by atoms with E-state index in [1.54, 1.807) is 0 Å². The number of aromatic nitrogens is 2. The van der Waals surface area contributed by atoms with E-state index in [1.807, 2.05) is 24.3 Å². The molecule has 3 nitrogen and oxygen atoms in total. The molecular formula is C11H14ClN3. The maximum Gasteiger partial charge on any atom is 0.159 e. The van der Waals surface area contributed by atoms with Crippen LogP contribution in [0.5, 0.6) is 0 Å². The molecule has 2 aromatic rings. The lowest BCUT2D eigenvalue weighted by atomic mass is 10.2. The van der Waals surface area contributed by atoms with E-state index in [-0.39, 0.29) is 0 Å². The summed E-state index contributed by atoms with van der Waals surface area (Å²) in [4.78, 5) is 0. The normalized spacial score (nSPS) is 9.53. The molecule has 2 rings (SSSR count). The number of hydrogen-bond acceptors (Lipinski definition) is 3. The molecule has 80 valence electrons. The number of anilines is 1. The number of nitrogens with zero attached hydrogens (tertiary/aromatic N) is 2. The molecule has 1 aromatic heterocycles. The van der Waals surface area contributed by atoms with E-state index in [2.05, 4.69) is 24.0 Å². The summed E-state index contributed by atoms with van der Waals surface area (Å²) >= 11 is 5.80. The second-order valence-corrected chi connectivity index (χ2v) is 3.49. The zero-order valence-corrected chi connectivity index (χ0v) is 9.62. The number of hydrogen-bond donors (Lipinski definition) is 1. The van der Waals surface area contributed by atoms with Gasteiger partial charge in [-0.2, -0.15) is 0 Å². The Bertz CT molecular complexity index is 402. The lowest BCUT2D eigenvalue weighted by molar-refractivity contribution is 1.06. The van der Waals surface area contributed by atoms with Gasteiger partial charge in [-0.3, -0.25) is 0 Å². The predicted molar refractivity (Wildman–Crippen MR) is 64.9 cm³/mol. The molecule has 0 amide bonds. The largest absolute Gasteiger partial charge is 0.382 e. The fourth-order valence-electron chi connectivity index (χ4n) is 1.09. The van der Waals surface area contributed by atoms with Crippen LogP contribution in [0.15, 0.2) is 24.3 Å². The van der Waals surface area contributed by atoms with Gasteiger partial charge < -0.3 is 5.73 Å². The molecule has 0 aliphatic carbocycles. The third-order valence-corrected chi connectivity index (χ3v) is 1.95. The molecule has 0 radical (unpaired) electrons. The molecule has 1 heterocycles. The van der Waals surface area contributed by atoms with Crippen molar-refractivity contribution in [2.24, 2.45) is 0 Å². The first-order chi connectivity index (χ1) is 7.20. The van der Waals surface area contributed by atoms with Gasteiger partial charge in [0.05, 0.1) is 0 Å². The number of fused-ring (bicyclic) bond motifs is 1. The highest BCUT2D eigenvalue weighted by Gasteiger charge is 2.02. The number of halogens is 1. The predicted octanol–water partition coefficient (Wildman–Crippen LogP) is 3.28. The van der Waals surface area contributed by atoms with Gasteiger partial charge in [0.2, 0.25) is 0 Å². The van der Waals surface area contributed by atoms with Crippen LogP contribution >= 0.6 is 11.6 Å². The van der Waals surface area contributed by atoms with Gasteiger partial charge >= 0.3 is 0 Å². The van der Waals surface area contributed by atoms with Gasteiger partial charge in [0.15, 0.2) is 11.0 Å². The molecule has 0 saturated heterocycles. The van der Waals surface area contributed by atoms with Crippen molar-refractivity contribution in [2.75, 3.05) is 5.73 Å². The van der Waals surface area contributed by atoms with E-state index in [4.69, 9.17) is 17.3 Å². The van der Waals surface area contributed by atoms with Gasteiger partial charge in [-0.05, 0) is 0 Å². The molecular weight excluding hydrogens is 210 g/mol. The van der Waals surface area contributed by atoms with E-state index in [0.717, 1.165) is 10.8 Å². The Labute approximate surface area is 94.3 Å². The van der Waals surface area contributed by atoms with Gasteiger partial charge in [-0.15, -0.1) is 10.2 Å². The van der Waals surface area contributed by atoms with Crippen LogP contribution in [-0.2, 0) is 0 Å². The zero-order valence-electron chi connectivity index (χ0n) is 8.87. The molecule has 0 aliphatic rings. The molecule has 2 N–H and O–H groups in total. The summed E-state index contributed by atoms with van der Waals surface area (Å²) < 4.78 is 0. The lowest BCUT2D eigenvalue weighted by Crippen LogP contribution is -1.94. The third-order valence-electron chi connectivity index (χ3n) is 1.67. The Balaban J connectivity index is 0.000000337. The summed E-state index contributed by atoms with van der Waals surface area (Å²) in [7, 11) is 0. The van der Waals surface area contributed by atoms with Crippen LogP contribution in [0, 0.1) is 0 Å². The highest BCUT2D eigenvalue weighted by molar-refractivity contribution is 6.34. The standard InChI is InChI=1S/C8H6ClN3.C3H8/c9-7-5-3-1-2-4-6(5)8(10)12-11-7;1-3-2/h1-4H,(H2,10,12);3H2,1-2H3. The number of nitrogen functional groups attached to an aromatic ring is 1.